The Balaban J connectivity index is 3.51. The summed E-state index contributed by atoms with van der Waals surface area (Å²) in [6, 6.07) is 2.42. The molecule has 0 saturated carbocycles. The Morgan fingerprint density at radius 3 is 2.36 bits per heavy atom. The van der Waals surface area contributed by atoms with Crippen LogP contribution in [0.3, 0.4) is 0 Å². The first kappa shape index (κ1) is 17.7. The number of nitrogens with zero attached hydrogens (tertiary/aromatic N) is 1. The number of nitrogens with two attached hydrogens (primary N) is 1. The molecule has 1 aromatic rings. The molecule has 8 heteroatoms. The minimum absolute atomic E-state index is 0.0572. The third kappa shape index (κ3) is 4.31. The smallest absolute Gasteiger partial charge is 0.419 e. The Hall–Kier alpha value is -2.38. The predicted molar refractivity (Wildman–Crippen MR) is 73.4 cm³/mol. The van der Waals surface area contributed by atoms with Gasteiger partial charge in [-0.3, -0.25) is 4.99 Å². The Labute approximate surface area is 124 Å². The third-order valence-electron chi connectivity index (χ3n) is 2.64. The number of allylic oxidation sites excluding steroid dienone is 1. The van der Waals surface area contributed by atoms with Crippen LogP contribution in [0.5, 0.6) is 0 Å². The van der Waals surface area contributed by atoms with Crippen LogP contribution in [0.4, 0.5) is 17.6 Å². The Morgan fingerprint density at radius 1 is 1.32 bits per heavy atom. The average Bonchev–Trinajstić information content (AvgIpc) is 2.41. The van der Waals surface area contributed by atoms with E-state index in [2.05, 4.69) is 4.99 Å². The van der Waals surface area contributed by atoms with E-state index in [1.165, 1.54) is 0 Å². The fourth-order valence-electron chi connectivity index (χ4n) is 1.71. The molecule has 120 valence electrons. The number of hydrogen-bond acceptors (Lipinski definition) is 3. The fraction of sp³-hybridized carbons (Fsp3) is 0.286. The SMILES string of the molecule is CCCN=C(/C(=C\N)C(F)(F)F)c1cc(F)cc(C(=O)O)c1. The molecule has 0 aliphatic carbocycles. The average molecular weight is 318 g/mol. The Bertz CT molecular complexity index is 622. The summed E-state index contributed by atoms with van der Waals surface area (Å²) in [4.78, 5) is 14.7. The van der Waals surface area contributed by atoms with E-state index in [0.717, 1.165) is 12.1 Å². The number of benzene rings is 1. The number of alkyl halides is 3. The molecule has 0 aliphatic rings. The van der Waals surface area contributed by atoms with E-state index in [1.807, 2.05) is 0 Å². The lowest BCUT2D eigenvalue weighted by Crippen LogP contribution is -2.23. The van der Waals surface area contributed by atoms with Gasteiger partial charge in [0, 0.05) is 18.3 Å². The third-order valence-corrected chi connectivity index (χ3v) is 2.64. The minimum Gasteiger partial charge on any atom is -0.478 e. The van der Waals surface area contributed by atoms with Crippen molar-refractivity contribution in [2.45, 2.75) is 19.5 Å². The van der Waals surface area contributed by atoms with Crippen LogP contribution >= 0.6 is 0 Å². The molecule has 22 heavy (non-hydrogen) atoms. The molecule has 3 N–H and O–H groups in total. The van der Waals surface area contributed by atoms with E-state index >= 15 is 0 Å². The van der Waals surface area contributed by atoms with Gasteiger partial charge in [0.2, 0.25) is 0 Å². The van der Waals surface area contributed by atoms with Gasteiger partial charge in [0.25, 0.3) is 0 Å². The van der Waals surface area contributed by atoms with Gasteiger partial charge in [0.1, 0.15) is 5.82 Å². The first-order chi connectivity index (χ1) is 10.2. The van der Waals surface area contributed by atoms with Crippen LogP contribution in [0.2, 0.25) is 0 Å². The second kappa shape index (κ2) is 7.06. The molecule has 0 bridgehead atoms. The van der Waals surface area contributed by atoms with Gasteiger partial charge in [-0.2, -0.15) is 13.2 Å². The monoisotopic (exact) mass is 318 g/mol. The quantitative estimate of drug-likeness (QED) is 0.647. The van der Waals surface area contributed by atoms with Crippen molar-refractivity contribution in [3.63, 3.8) is 0 Å². The number of aromatic carboxylic acids is 1. The summed E-state index contributed by atoms with van der Waals surface area (Å²) in [5, 5.41) is 8.88. The lowest BCUT2D eigenvalue weighted by molar-refractivity contribution is -0.0862. The summed E-state index contributed by atoms with van der Waals surface area (Å²) in [5.74, 6) is -2.43. The second-order valence-corrected chi connectivity index (χ2v) is 4.34. The van der Waals surface area contributed by atoms with E-state index in [9.17, 15) is 22.4 Å². The van der Waals surface area contributed by atoms with Crippen LogP contribution in [-0.2, 0) is 0 Å². The first-order valence-electron chi connectivity index (χ1n) is 6.28. The largest absolute Gasteiger partial charge is 0.478 e. The fourth-order valence-corrected chi connectivity index (χ4v) is 1.71. The summed E-state index contributed by atoms with van der Waals surface area (Å²) < 4.78 is 52.5. The van der Waals surface area contributed by atoms with E-state index in [1.54, 1.807) is 6.92 Å². The molecule has 1 rings (SSSR count). The highest BCUT2D eigenvalue weighted by Gasteiger charge is 2.37. The van der Waals surface area contributed by atoms with Crippen molar-refractivity contribution >= 4 is 11.7 Å². The van der Waals surface area contributed by atoms with E-state index in [0.29, 0.717) is 18.7 Å². The van der Waals surface area contributed by atoms with Crippen molar-refractivity contribution in [2.75, 3.05) is 6.54 Å². The van der Waals surface area contributed by atoms with Crippen molar-refractivity contribution in [3.05, 3.63) is 46.9 Å². The zero-order valence-electron chi connectivity index (χ0n) is 11.6. The van der Waals surface area contributed by atoms with Crippen molar-refractivity contribution in [1.82, 2.24) is 0 Å². The lowest BCUT2D eigenvalue weighted by Gasteiger charge is -2.15. The van der Waals surface area contributed by atoms with Crippen molar-refractivity contribution < 1.29 is 27.5 Å². The highest BCUT2D eigenvalue weighted by Crippen LogP contribution is 2.29. The van der Waals surface area contributed by atoms with Crippen LogP contribution in [0.25, 0.3) is 0 Å². The van der Waals surface area contributed by atoms with Gasteiger partial charge < -0.3 is 10.8 Å². The summed E-state index contributed by atoms with van der Waals surface area (Å²) in [5.41, 5.74) is 2.43. The van der Waals surface area contributed by atoms with Crippen LogP contribution < -0.4 is 5.73 Å². The molecular formula is C14H14F4N2O2. The molecule has 0 unspecified atom stereocenters. The molecule has 1 aromatic carbocycles. The molecule has 0 spiro atoms. The summed E-state index contributed by atoms with van der Waals surface area (Å²) in [7, 11) is 0. The van der Waals surface area contributed by atoms with E-state index < -0.39 is 34.8 Å². The molecule has 0 radical (unpaired) electrons. The number of hydrogen-bond donors (Lipinski definition) is 2. The Kier molecular flexibility index (Phi) is 5.67. The van der Waals surface area contributed by atoms with Crippen molar-refractivity contribution in [3.8, 4) is 0 Å². The number of carboxylic acid groups (broad SMARTS) is 1. The van der Waals surface area contributed by atoms with Crippen LogP contribution in [0, 0.1) is 5.82 Å². The minimum atomic E-state index is -4.79. The van der Waals surface area contributed by atoms with Gasteiger partial charge in [-0.25, -0.2) is 9.18 Å². The maximum atomic E-state index is 13.5. The lowest BCUT2D eigenvalue weighted by atomic mass is 10.00. The number of halogens is 4. The number of carboxylic acids is 1. The first-order valence-corrected chi connectivity index (χ1v) is 6.28. The number of carbonyl (C=O) groups is 1. The van der Waals surface area contributed by atoms with Crippen LogP contribution in [0.1, 0.15) is 29.3 Å². The van der Waals surface area contributed by atoms with E-state index in [4.69, 9.17) is 10.8 Å². The Morgan fingerprint density at radius 2 is 1.91 bits per heavy atom. The number of rotatable bonds is 5. The van der Waals surface area contributed by atoms with Gasteiger partial charge in [-0.05, 0) is 24.6 Å². The van der Waals surface area contributed by atoms with Crippen molar-refractivity contribution in [1.29, 1.82) is 0 Å². The van der Waals surface area contributed by atoms with Crippen LogP contribution in [-0.4, -0.2) is 29.5 Å². The van der Waals surface area contributed by atoms with Crippen LogP contribution in [0.15, 0.2) is 35.0 Å². The van der Waals surface area contributed by atoms with Gasteiger partial charge in [0.05, 0.1) is 16.8 Å². The normalized spacial score (nSPS) is 13.3. The molecule has 0 amide bonds. The van der Waals surface area contributed by atoms with Gasteiger partial charge in [-0.1, -0.05) is 6.92 Å². The molecule has 0 atom stereocenters. The molecule has 0 saturated heterocycles. The highest BCUT2D eigenvalue weighted by atomic mass is 19.4. The van der Waals surface area contributed by atoms with Gasteiger partial charge in [-0.15, -0.1) is 0 Å². The maximum absolute atomic E-state index is 13.5. The standard InChI is InChI=1S/C14H14F4N2O2/c1-2-3-20-12(11(7-19)14(16,17)18)8-4-9(13(21)22)6-10(15)5-8/h4-7H,2-3,19H2,1H3,(H,21,22)/b11-7+,20-12?. The van der Waals surface area contributed by atoms with E-state index in [-0.39, 0.29) is 12.1 Å². The zero-order valence-corrected chi connectivity index (χ0v) is 11.6. The maximum Gasteiger partial charge on any atom is 0.419 e. The second-order valence-electron chi connectivity index (χ2n) is 4.34. The molecule has 0 aromatic heterocycles. The number of aliphatic imine (C=N–C) groups is 1. The summed E-state index contributed by atoms with van der Waals surface area (Å²) in [6.45, 7) is 1.76. The molecule has 4 nitrogen and oxygen atoms in total. The molecular weight excluding hydrogens is 304 g/mol. The molecule has 0 heterocycles. The highest BCUT2D eigenvalue weighted by molar-refractivity contribution is 6.14. The summed E-state index contributed by atoms with van der Waals surface area (Å²) >= 11 is 0. The predicted octanol–water partition coefficient (Wildman–Crippen LogP) is 3.13. The molecule has 0 fully saturated rings. The topological polar surface area (TPSA) is 75.7 Å². The van der Waals surface area contributed by atoms with Gasteiger partial charge in [0.15, 0.2) is 0 Å². The van der Waals surface area contributed by atoms with Gasteiger partial charge >= 0.3 is 12.1 Å². The van der Waals surface area contributed by atoms with Crippen molar-refractivity contribution in [2.24, 2.45) is 10.7 Å². The summed E-state index contributed by atoms with van der Waals surface area (Å²) in [6.07, 6.45) is -4.00. The molecule has 0 aliphatic heterocycles. The zero-order chi connectivity index (χ0) is 16.9.